The molecule has 0 bridgehead atoms. The Bertz CT molecular complexity index is 1420. The molecule has 0 unspecified atom stereocenters. The second-order valence-corrected chi connectivity index (χ2v) is 10.6. The number of hydrogen-bond donors (Lipinski definition) is 1. The molecule has 0 aliphatic carbocycles. The molecule has 0 saturated heterocycles. The van der Waals surface area contributed by atoms with Gasteiger partial charge in [0.1, 0.15) is 0 Å². The van der Waals surface area contributed by atoms with E-state index < -0.39 is 16.0 Å². The highest BCUT2D eigenvalue weighted by molar-refractivity contribution is 7.90. The predicted octanol–water partition coefficient (Wildman–Crippen LogP) is 6.55. The molecule has 0 atom stereocenters. The lowest BCUT2D eigenvalue weighted by atomic mass is 10.1. The Kier molecular flexibility index (Phi) is 7.10. The number of carboxylic acid groups (broad SMARTS) is 1. The molecule has 1 N–H and O–H groups in total. The van der Waals surface area contributed by atoms with E-state index >= 15 is 0 Å². The largest absolute Gasteiger partial charge is 0.478 e. The van der Waals surface area contributed by atoms with Crippen molar-refractivity contribution >= 4 is 38.5 Å². The standard InChI is InChI=1S/C27H26ClNO4S/c1-2-3-4-5-19-8-13-25(14-9-19)34(32,33)29-24(18-22-17-23(28)12-15-26(22)29)16-20-6-10-21(11-7-20)27(30)31/h6-15,17-18H,2-5,16H2,1H3,(H,30,31). The molecule has 0 saturated carbocycles. The van der Waals surface area contributed by atoms with E-state index in [1.165, 1.54) is 16.1 Å². The summed E-state index contributed by atoms with van der Waals surface area (Å²) >= 11 is 6.17. The minimum Gasteiger partial charge on any atom is -0.478 e. The molecule has 0 radical (unpaired) electrons. The van der Waals surface area contributed by atoms with Crippen LogP contribution in [-0.4, -0.2) is 23.5 Å². The molecule has 5 nitrogen and oxygen atoms in total. The summed E-state index contributed by atoms with van der Waals surface area (Å²) < 4.78 is 28.9. The van der Waals surface area contributed by atoms with Gasteiger partial charge in [0.05, 0.1) is 16.0 Å². The lowest BCUT2D eigenvalue weighted by Gasteiger charge is -2.13. The number of fused-ring (bicyclic) bond motifs is 1. The molecular weight excluding hydrogens is 470 g/mol. The van der Waals surface area contributed by atoms with Crippen LogP contribution in [0.25, 0.3) is 10.9 Å². The molecule has 0 aliphatic heterocycles. The number of aromatic nitrogens is 1. The Balaban J connectivity index is 1.75. The highest BCUT2D eigenvalue weighted by Crippen LogP contribution is 2.29. The average molecular weight is 496 g/mol. The quantitative estimate of drug-likeness (QED) is 0.267. The molecule has 7 heteroatoms. The van der Waals surface area contributed by atoms with Crippen LogP contribution in [0.1, 0.15) is 53.4 Å². The third-order valence-corrected chi connectivity index (χ3v) is 7.92. The van der Waals surface area contributed by atoms with Crippen LogP contribution < -0.4 is 0 Å². The number of unbranched alkanes of at least 4 members (excludes halogenated alkanes) is 2. The van der Waals surface area contributed by atoms with Gasteiger partial charge >= 0.3 is 5.97 Å². The van der Waals surface area contributed by atoms with E-state index in [1.54, 1.807) is 42.5 Å². The van der Waals surface area contributed by atoms with Crippen LogP contribution in [0.2, 0.25) is 5.02 Å². The van der Waals surface area contributed by atoms with Crippen molar-refractivity contribution in [3.63, 3.8) is 0 Å². The van der Waals surface area contributed by atoms with Crippen molar-refractivity contribution in [2.45, 2.75) is 43.9 Å². The first-order valence-electron chi connectivity index (χ1n) is 11.3. The maximum atomic E-state index is 13.8. The summed E-state index contributed by atoms with van der Waals surface area (Å²) in [5.74, 6) is -1.00. The summed E-state index contributed by atoms with van der Waals surface area (Å²) in [5.41, 5.74) is 3.24. The second kappa shape index (κ2) is 10.0. The lowest BCUT2D eigenvalue weighted by Crippen LogP contribution is -2.16. The zero-order valence-corrected chi connectivity index (χ0v) is 20.4. The molecule has 0 spiro atoms. The van der Waals surface area contributed by atoms with Crippen LogP contribution in [0, 0.1) is 0 Å². The first-order chi connectivity index (χ1) is 16.3. The van der Waals surface area contributed by atoms with Gasteiger partial charge in [-0.05, 0) is 72.5 Å². The van der Waals surface area contributed by atoms with Crippen molar-refractivity contribution in [2.75, 3.05) is 0 Å². The summed E-state index contributed by atoms with van der Waals surface area (Å²) in [6.45, 7) is 2.16. The van der Waals surface area contributed by atoms with Gasteiger partial charge in [-0.15, -0.1) is 0 Å². The molecule has 1 aromatic heterocycles. The molecule has 0 fully saturated rings. The SMILES string of the molecule is CCCCCc1ccc(S(=O)(=O)n2c(Cc3ccc(C(=O)O)cc3)cc3cc(Cl)ccc32)cc1. The van der Waals surface area contributed by atoms with Gasteiger partial charge in [-0.25, -0.2) is 17.2 Å². The van der Waals surface area contributed by atoms with Crippen LogP contribution in [-0.2, 0) is 22.9 Å². The highest BCUT2D eigenvalue weighted by atomic mass is 35.5. The highest BCUT2D eigenvalue weighted by Gasteiger charge is 2.23. The van der Waals surface area contributed by atoms with Gasteiger partial charge in [-0.3, -0.25) is 0 Å². The first kappa shape index (κ1) is 24.0. The van der Waals surface area contributed by atoms with E-state index in [-0.39, 0.29) is 10.5 Å². The number of aryl methyl sites for hydroxylation is 1. The van der Waals surface area contributed by atoms with Gasteiger partial charge < -0.3 is 5.11 Å². The molecular formula is C27H26ClNO4S. The van der Waals surface area contributed by atoms with E-state index in [9.17, 15) is 13.2 Å². The maximum Gasteiger partial charge on any atom is 0.335 e. The van der Waals surface area contributed by atoms with Crippen molar-refractivity contribution in [3.8, 4) is 0 Å². The summed E-state index contributed by atoms with van der Waals surface area (Å²) in [6.07, 6.45) is 4.61. The molecule has 4 aromatic rings. The predicted molar refractivity (Wildman–Crippen MR) is 135 cm³/mol. The van der Waals surface area contributed by atoms with Crippen LogP contribution in [0.5, 0.6) is 0 Å². The van der Waals surface area contributed by atoms with E-state index in [0.29, 0.717) is 22.7 Å². The topological polar surface area (TPSA) is 76.4 Å². The van der Waals surface area contributed by atoms with Crippen molar-refractivity contribution in [1.29, 1.82) is 0 Å². The van der Waals surface area contributed by atoms with Crippen LogP contribution in [0.3, 0.4) is 0 Å². The van der Waals surface area contributed by atoms with Gasteiger partial charge in [-0.1, -0.05) is 55.6 Å². The number of hydrogen-bond acceptors (Lipinski definition) is 3. The third-order valence-electron chi connectivity index (χ3n) is 5.91. The number of nitrogens with zero attached hydrogens (tertiary/aromatic N) is 1. The van der Waals surface area contributed by atoms with Gasteiger partial charge in [0.2, 0.25) is 0 Å². The Morgan fingerprint density at radius 1 is 0.912 bits per heavy atom. The van der Waals surface area contributed by atoms with Crippen LogP contribution in [0.15, 0.2) is 77.7 Å². The number of aromatic carboxylic acids is 1. The van der Waals surface area contributed by atoms with Gasteiger partial charge in [0.25, 0.3) is 10.0 Å². The van der Waals surface area contributed by atoms with E-state index in [0.717, 1.165) is 42.2 Å². The monoisotopic (exact) mass is 495 g/mol. The Hall–Kier alpha value is -3.09. The van der Waals surface area contributed by atoms with Crippen LogP contribution in [0.4, 0.5) is 0 Å². The van der Waals surface area contributed by atoms with E-state index in [1.807, 2.05) is 18.2 Å². The number of benzene rings is 3. The lowest BCUT2D eigenvalue weighted by molar-refractivity contribution is 0.0697. The number of carboxylic acids is 1. The normalized spacial score (nSPS) is 11.7. The molecule has 176 valence electrons. The minimum absolute atomic E-state index is 0.183. The number of halogens is 1. The summed E-state index contributed by atoms with van der Waals surface area (Å²) in [5, 5.41) is 10.4. The smallest absolute Gasteiger partial charge is 0.335 e. The summed E-state index contributed by atoms with van der Waals surface area (Å²) in [7, 11) is -3.87. The molecule has 0 amide bonds. The fourth-order valence-electron chi connectivity index (χ4n) is 4.11. The molecule has 34 heavy (non-hydrogen) atoms. The fraction of sp³-hybridized carbons (Fsp3) is 0.222. The second-order valence-electron chi connectivity index (χ2n) is 8.39. The fourth-order valence-corrected chi connectivity index (χ4v) is 5.83. The van der Waals surface area contributed by atoms with Crippen molar-refractivity contribution in [1.82, 2.24) is 3.97 Å². The Morgan fingerprint density at radius 3 is 2.24 bits per heavy atom. The molecule has 3 aromatic carbocycles. The molecule has 4 rings (SSSR count). The molecule has 0 aliphatic rings. The minimum atomic E-state index is -3.87. The molecule has 1 heterocycles. The average Bonchev–Trinajstić information content (AvgIpc) is 3.17. The van der Waals surface area contributed by atoms with Gasteiger partial charge in [-0.2, -0.15) is 0 Å². The zero-order valence-electron chi connectivity index (χ0n) is 18.9. The zero-order chi connectivity index (χ0) is 24.3. The van der Waals surface area contributed by atoms with Crippen molar-refractivity contribution in [3.05, 3.63) is 100 Å². The number of carbonyl (C=O) groups is 1. The van der Waals surface area contributed by atoms with E-state index in [4.69, 9.17) is 16.7 Å². The third kappa shape index (κ3) is 5.03. The first-order valence-corrected chi connectivity index (χ1v) is 13.1. The van der Waals surface area contributed by atoms with Crippen molar-refractivity contribution in [2.24, 2.45) is 0 Å². The van der Waals surface area contributed by atoms with E-state index in [2.05, 4.69) is 6.92 Å². The van der Waals surface area contributed by atoms with Crippen molar-refractivity contribution < 1.29 is 18.3 Å². The Morgan fingerprint density at radius 2 is 1.59 bits per heavy atom. The van der Waals surface area contributed by atoms with Gasteiger partial charge in [0, 0.05) is 22.5 Å². The maximum absolute atomic E-state index is 13.8. The Labute approximate surface area is 204 Å². The number of rotatable bonds is 9. The summed E-state index contributed by atoms with van der Waals surface area (Å²) in [4.78, 5) is 11.4. The van der Waals surface area contributed by atoms with Crippen LogP contribution >= 0.6 is 11.6 Å². The summed E-state index contributed by atoms with van der Waals surface area (Å²) in [6, 6.07) is 20.5. The van der Waals surface area contributed by atoms with Gasteiger partial charge in [0.15, 0.2) is 0 Å².